The number of amides is 2. The third kappa shape index (κ3) is 4.09. The summed E-state index contributed by atoms with van der Waals surface area (Å²) in [6.07, 6.45) is 6.64. The van der Waals surface area contributed by atoms with Crippen LogP contribution in [0.1, 0.15) is 56.6 Å². The van der Waals surface area contributed by atoms with Crippen LogP contribution in [0.3, 0.4) is 0 Å². The Morgan fingerprint density at radius 3 is 2.10 bits per heavy atom. The molecule has 4 fully saturated rings. The maximum absolute atomic E-state index is 13.1. The number of aryl methyl sites for hydroxylation is 2. The molecule has 0 spiro atoms. The molecule has 0 aromatic heterocycles. The number of nitrogens with one attached hydrogen (secondary N) is 2. The van der Waals surface area contributed by atoms with Gasteiger partial charge >= 0.3 is 5.97 Å². The van der Waals surface area contributed by atoms with Crippen LogP contribution in [0.2, 0.25) is 0 Å². The molecule has 1 aromatic rings. The Balaban J connectivity index is 1.28. The molecule has 162 valence electrons. The fraction of sp³-hybridized carbons (Fsp3) is 0.625. The number of hydrogen-bond acceptors (Lipinski definition) is 4. The van der Waals surface area contributed by atoms with Crippen molar-refractivity contribution in [1.82, 2.24) is 5.32 Å². The van der Waals surface area contributed by atoms with Gasteiger partial charge in [0, 0.05) is 11.1 Å². The molecule has 4 aliphatic rings. The van der Waals surface area contributed by atoms with E-state index in [1.165, 1.54) is 19.3 Å². The van der Waals surface area contributed by atoms with E-state index < -0.39 is 12.0 Å². The molecule has 30 heavy (non-hydrogen) atoms. The summed E-state index contributed by atoms with van der Waals surface area (Å²) < 4.78 is 5.17. The van der Waals surface area contributed by atoms with Gasteiger partial charge < -0.3 is 15.4 Å². The van der Waals surface area contributed by atoms with Crippen LogP contribution in [0, 0.1) is 37.0 Å². The number of ether oxygens (including phenoxy) is 1. The average Bonchev–Trinajstić information content (AvgIpc) is 2.68. The Bertz CT molecular complexity index is 807. The van der Waals surface area contributed by atoms with Gasteiger partial charge in [0.05, 0.1) is 0 Å². The molecule has 0 unspecified atom stereocenters. The molecule has 1 atom stereocenters. The van der Waals surface area contributed by atoms with Gasteiger partial charge in [-0.1, -0.05) is 18.2 Å². The summed E-state index contributed by atoms with van der Waals surface area (Å²) in [6, 6.07) is 4.99. The predicted octanol–water partition coefficient (Wildman–Crippen LogP) is 3.51. The molecule has 6 nitrogen and oxygen atoms in total. The summed E-state index contributed by atoms with van der Waals surface area (Å²) in [5.74, 6) is 1.02. The van der Waals surface area contributed by atoms with Crippen LogP contribution in [0.15, 0.2) is 18.2 Å². The van der Waals surface area contributed by atoms with Crippen LogP contribution in [-0.2, 0) is 19.1 Å². The minimum absolute atomic E-state index is 0.00830. The number of carbonyl (C=O) groups is 3. The van der Waals surface area contributed by atoms with E-state index in [9.17, 15) is 14.4 Å². The first kappa shape index (κ1) is 20.9. The Kier molecular flexibility index (Phi) is 5.60. The van der Waals surface area contributed by atoms with E-state index >= 15 is 0 Å². The second kappa shape index (κ2) is 8.05. The Hall–Kier alpha value is -2.37. The SMILES string of the molecule is Cc1cccc(C)c1NC(=O)COC(=O)[C@H](C)NC(=O)C12CC3CC(CC(C3)C1)C2. The summed E-state index contributed by atoms with van der Waals surface area (Å²) >= 11 is 0. The molecule has 2 amide bonds. The summed E-state index contributed by atoms with van der Waals surface area (Å²) in [7, 11) is 0. The highest BCUT2D eigenvalue weighted by Gasteiger charge is 2.54. The highest BCUT2D eigenvalue weighted by atomic mass is 16.5. The van der Waals surface area contributed by atoms with Gasteiger partial charge in [0.1, 0.15) is 6.04 Å². The number of esters is 1. The van der Waals surface area contributed by atoms with Crippen LogP contribution in [-0.4, -0.2) is 30.4 Å². The van der Waals surface area contributed by atoms with Gasteiger partial charge in [0.15, 0.2) is 6.61 Å². The Morgan fingerprint density at radius 2 is 1.57 bits per heavy atom. The number of para-hydroxylation sites is 1. The van der Waals surface area contributed by atoms with Gasteiger partial charge in [0.2, 0.25) is 5.91 Å². The molecule has 4 saturated carbocycles. The fourth-order valence-corrected chi connectivity index (χ4v) is 6.25. The molecule has 6 heteroatoms. The lowest BCUT2D eigenvalue weighted by molar-refractivity contribution is -0.154. The Morgan fingerprint density at radius 1 is 1.03 bits per heavy atom. The minimum Gasteiger partial charge on any atom is -0.454 e. The zero-order valence-corrected chi connectivity index (χ0v) is 18.1. The minimum atomic E-state index is -0.765. The quantitative estimate of drug-likeness (QED) is 0.701. The van der Waals surface area contributed by atoms with Crippen molar-refractivity contribution < 1.29 is 19.1 Å². The highest BCUT2D eigenvalue weighted by Crippen LogP contribution is 2.60. The lowest BCUT2D eigenvalue weighted by atomic mass is 9.49. The maximum atomic E-state index is 13.1. The first-order valence-electron chi connectivity index (χ1n) is 11.1. The van der Waals surface area contributed by atoms with E-state index in [1.807, 2.05) is 32.0 Å². The van der Waals surface area contributed by atoms with Gasteiger partial charge in [-0.3, -0.25) is 9.59 Å². The molecule has 2 N–H and O–H groups in total. The standard InChI is InChI=1S/C24H32N2O4/c1-14-5-4-6-15(2)21(14)26-20(27)13-30-22(28)16(3)25-23(29)24-10-17-7-18(11-24)9-19(8-17)12-24/h4-6,16-19H,7-13H2,1-3H3,(H,25,29)(H,26,27)/t16-,17?,18?,19?,24?/m0/s1. The first-order chi connectivity index (χ1) is 14.3. The first-order valence-corrected chi connectivity index (χ1v) is 11.1. The van der Waals surface area contributed by atoms with Crippen molar-refractivity contribution in [2.45, 2.75) is 65.3 Å². The Labute approximate surface area is 178 Å². The van der Waals surface area contributed by atoms with Gasteiger partial charge in [-0.25, -0.2) is 4.79 Å². The van der Waals surface area contributed by atoms with Crippen molar-refractivity contribution in [3.63, 3.8) is 0 Å². The molecule has 4 bridgehead atoms. The molecule has 1 aromatic carbocycles. The maximum Gasteiger partial charge on any atom is 0.328 e. The molecule has 0 saturated heterocycles. The summed E-state index contributed by atoms with van der Waals surface area (Å²) in [5, 5.41) is 5.68. The lowest BCUT2D eigenvalue weighted by Gasteiger charge is -2.55. The summed E-state index contributed by atoms with van der Waals surface area (Å²) in [6.45, 7) is 5.09. The van der Waals surface area contributed by atoms with E-state index in [4.69, 9.17) is 4.74 Å². The van der Waals surface area contributed by atoms with Gasteiger partial charge in [0.25, 0.3) is 5.91 Å². The van der Waals surface area contributed by atoms with Crippen molar-refractivity contribution in [1.29, 1.82) is 0 Å². The zero-order chi connectivity index (χ0) is 21.5. The lowest BCUT2D eigenvalue weighted by Crippen LogP contribution is -2.56. The van der Waals surface area contributed by atoms with Crippen LogP contribution in [0.25, 0.3) is 0 Å². The number of hydrogen-bond donors (Lipinski definition) is 2. The van der Waals surface area contributed by atoms with Crippen LogP contribution in [0.5, 0.6) is 0 Å². The zero-order valence-electron chi connectivity index (χ0n) is 18.1. The molecule has 4 aliphatic carbocycles. The van der Waals surface area contributed by atoms with Gasteiger partial charge in [-0.2, -0.15) is 0 Å². The van der Waals surface area contributed by atoms with Crippen molar-refractivity contribution in [2.24, 2.45) is 23.2 Å². The second-order valence-electron chi connectivity index (χ2n) is 9.82. The van der Waals surface area contributed by atoms with E-state index in [2.05, 4.69) is 10.6 Å². The van der Waals surface area contributed by atoms with Gasteiger partial charge in [-0.15, -0.1) is 0 Å². The predicted molar refractivity (Wildman–Crippen MR) is 114 cm³/mol. The van der Waals surface area contributed by atoms with Crippen LogP contribution in [0.4, 0.5) is 5.69 Å². The van der Waals surface area contributed by atoms with Crippen molar-refractivity contribution in [2.75, 3.05) is 11.9 Å². The number of anilines is 1. The van der Waals surface area contributed by atoms with Crippen LogP contribution < -0.4 is 10.6 Å². The van der Waals surface area contributed by atoms with E-state index in [0.717, 1.165) is 36.1 Å². The normalized spacial score (nSPS) is 29.9. The van der Waals surface area contributed by atoms with Crippen molar-refractivity contribution in [3.05, 3.63) is 29.3 Å². The average molecular weight is 413 g/mol. The van der Waals surface area contributed by atoms with Crippen molar-refractivity contribution >= 4 is 23.5 Å². The summed E-state index contributed by atoms with van der Waals surface area (Å²) in [5.41, 5.74) is 2.33. The molecular weight excluding hydrogens is 380 g/mol. The number of carbonyl (C=O) groups excluding carboxylic acids is 3. The number of benzene rings is 1. The molecular formula is C24H32N2O4. The highest BCUT2D eigenvalue weighted by molar-refractivity contribution is 5.95. The van der Waals surface area contributed by atoms with Crippen LogP contribution >= 0.6 is 0 Å². The second-order valence-corrected chi connectivity index (χ2v) is 9.82. The van der Waals surface area contributed by atoms with E-state index in [0.29, 0.717) is 17.8 Å². The molecule has 0 radical (unpaired) electrons. The molecule has 0 heterocycles. The van der Waals surface area contributed by atoms with E-state index in [1.54, 1.807) is 6.92 Å². The van der Waals surface area contributed by atoms with Gasteiger partial charge in [-0.05, 0) is 88.2 Å². The summed E-state index contributed by atoms with van der Waals surface area (Å²) in [4.78, 5) is 37.7. The topological polar surface area (TPSA) is 84.5 Å². The fourth-order valence-electron chi connectivity index (χ4n) is 6.25. The number of rotatable bonds is 6. The van der Waals surface area contributed by atoms with Crippen molar-refractivity contribution in [3.8, 4) is 0 Å². The van der Waals surface area contributed by atoms with E-state index in [-0.39, 0.29) is 23.8 Å². The molecule has 0 aliphatic heterocycles. The molecule has 5 rings (SSSR count). The third-order valence-corrected chi connectivity index (χ3v) is 7.31. The largest absolute Gasteiger partial charge is 0.454 e. The third-order valence-electron chi connectivity index (χ3n) is 7.31. The monoisotopic (exact) mass is 412 g/mol. The smallest absolute Gasteiger partial charge is 0.328 e.